The van der Waals surface area contributed by atoms with Gasteiger partial charge >= 0.3 is 0 Å². The van der Waals surface area contributed by atoms with E-state index in [9.17, 15) is 23.3 Å². The molecule has 0 bridgehead atoms. The minimum atomic E-state index is -3.93. The van der Waals surface area contributed by atoms with E-state index in [1.54, 1.807) is 6.92 Å². The van der Waals surface area contributed by atoms with Crippen LogP contribution in [0.4, 0.5) is 11.4 Å². The molecule has 184 valence electrons. The largest absolute Gasteiger partial charge is 0.487 e. The maximum atomic E-state index is 13.5. The van der Waals surface area contributed by atoms with Crippen LogP contribution >= 0.6 is 0 Å². The average Bonchev–Trinajstić information content (AvgIpc) is 2.81. The third kappa shape index (κ3) is 5.16. The van der Waals surface area contributed by atoms with Crippen molar-refractivity contribution in [1.82, 2.24) is 5.32 Å². The van der Waals surface area contributed by atoms with Crippen LogP contribution in [-0.4, -0.2) is 37.1 Å². The lowest BCUT2D eigenvalue weighted by Gasteiger charge is -2.42. The van der Waals surface area contributed by atoms with Gasteiger partial charge in [-0.3, -0.25) is 19.2 Å². The van der Waals surface area contributed by atoms with Gasteiger partial charge in [-0.2, -0.15) is 0 Å². The molecule has 3 rings (SSSR count). The number of carbonyl (C=O) groups excluding carboxylic acids is 1. The Bertz CT molecular complexity index is 1160. The van der Waals surface area contributed by atoms with E-state index in [-0.39, 0.29) is 23.8 Å². The molecule has 2 aromatic carbocycles. The third-order valence-corrected chi connectivity index (χ3v) is 7.61. The van der Waals surface area contributed by atoms with Crippen molar-refractivity contribution in [3.63, 3.8) is 0 Å². The van der Waals surface area contributed by atoms with Gasteiger partial charge in [0.2, 0.25) is 15.9 Å². The molecule has 1 aliphatic rings. The fourth-order valence-electron chi connectivity index (χ4n) is 4.50. The summed E-state index contributed by atoms with van der Waals surface area (Å²) >= 11 is 0. The van der Waals surface area contributed by atoms with Crippen molar-refractivity contribution in [3.05, 3.63) is 64.2 Å². The fraction of sp³-hybridized carbons (Fsp3) is 0.458. The van der Waals surface area contributed by atoms with Crippen molar-refractivity contribution in [1.29, 1.82) is 0 Å². The van der Waals surface area contributed by atoms with Gasteiger partial charge in [0.15, 0.2) is 0 Å². The smallest absolute Gasteiger partial charge is 0.271 e. The first-order valence-corrected chi connectivity index (χ1v) is 13.2. The van der Waals surface area contributed by atoms with E-state index in [1.807, 2.05) is 38.1 Å². The number of non-ortho nitro benzene ring substituents is 1. The van der Waals surface area contributed by atoms with Crippen LogP contribution in [0.2, 0.25) is 0 Å². The van der Waals surface area contributed by atoms with Crippen molar-refractivity contribution < 1.29 is 22.9 Å². The standard InChI is InChI=1S/C24H31N3O6S/c1-5-21(26(34(4,31)32)17-11-10-12-18(15-17)27(29)30)23(28)25-20-16-24(6-2,7-3)33-22-14-9-8-13-19(20)22/h8-15,20-21H,5-7,16H2,1-4H3,(H,25,28)/t20-,21+/m0/s1. The molecule has 1 amide bonds. The third-order valence-electron chi connectivity index (χ3n) is 6.43. The number of anilines is 1. The van der Waals surface area contributed by atoms with Crippen LogP contribution in [-0.2, 0) is 14.8 Å². The molecular formula is C24H31N3O6S. The van der Waals surface area contributed by atoms with Crippen LogP contribution in [0, 0.1) is 10.1 Å². The Labute approximate surface area is 200 Å². The zero-order chi connectivity index (χ0) is 25.1. The molecule has 0 aromatic heterocycles. The lowest BCUT2D eigenvalue weighted by Crippen LogP contribution is -2.52. The highest BCUT2D eigenvalue weighted by atomic mass is 32.2. The SMILES string of the molecule is CC[C@H](C(=O)N[C@H]1CC(CC)(CC)Oc2ccccc21)N(c1cccc([N+](=O)[O-])c1)S(C)(=O)=O. The molecule has 0 unspecified atom stereocenters. The molecule has 10 heteroatoms. The maximum Gasteiger partial charge on any atom is 0.271 e. The first-order valence-electron chi connectivity index (χ1n) is 11.4. The average molecular weight is 490 g/mol. The van der Waals surface area contributed by atoms with E-state index in [0.29, 0.717) is 12.2 Å². The van der Waals surface area contributed by atoms with Crippen molar-refractivity contribution in [2.24, 2.45) is 0 Å². The zero-order valence-corrected chi connectivity index (χ0v) is 20.7. The number of amides is 1. The minimum absolute atomic E-state index is 0.0718. The molecule has 0 radical (unpaired) electrons. The Kier molecular flexibility index (Phi) is 7.50. The van der Waals surface area contributed by atoms with Gasteiger partial charge in [0.25, 0.3) is 5.69 Å². The minimum Gasteiger partial charge on any atom is -0.487 e. The molecular weight excluding hydrogens is 458 g/mol. The molecule has 2 atom stereocenters. The summed E-state index contributed by atoms with van der Waals surface area (Å²) in [6, 6.07) is 11.4. The summed E-state index contributed by atoms with van der Waals surface area (Å²) < 4.78 is 32.8. The Balaban J connectivity index is 1.98. The van der Waals surface area contributed by atoms with Gasteiger partial charge in [-0.1, -0.05) is 45.0 Å². The lowest BCUT2D eigenvalue weighted by atomic mass is 9.83. The number of hydrogen-bond donors (Lipinski definition) is 1. The number of sulfonamides is 1. The molecule has 0 aliphatic carbocycles. The molecule has 0 fully saturated rings. The van der Waals surface area contributed by atoms with Gasteiger partial charge in [-0.15, -0.1) is 0 Å². The maximum absolute atomic E-state index is 13.5. The van der Waals surface area contributed by atoms with E-state index >= 15 is 0 Å². The fourth-order valence-corrected chi connectivity index (χ4v) is 5.71. The molecule has 2 aromatic rings. The van der Waals surface area contributed by atoms with Crippen LogP contribution in [0.15, 0.2) is 48.5 Å². The molecule has 34 heavy (non-hydrogen) atoms. The summed E-state index contributed by atoms with van der Waals surface area (Å²) in [6.07, 6.45) is 3.23. The zero-order valence-electron chi connectivity index (χ0n) is 19.9. The highest BCUT2D eigenvalue weighted by molar-refractivity contribution is 7.92. The molecule has 0 saturated heterocycles. The number of nitrogens with one attached hydrogen (secondary N) is 1. The van der Waals surface area contributed by atoms with Gasteiger partial charge in [-0.05, 0) is 31.4 Å². The van der Waals surface area contributed by atoms with Crippen LogP contribution in [0.1, 0.15) is 58.1 Å². The number of nitro groups is 1. The van der Waals surface area contributed by atoms with E-state index in [1.165, 1.54) is 24.3 Å². The van der Waals surface area contributed by atoms with Crippen LogP contribution < -0.4 is 14.4 Å². The number of nitrogens with zero attached hydrogens (tertiary/aromatic N) is 2. The van der Waals surface area contributed by atoms with Gasteiger partial charge in [0.1, 0.15) is 17.4 Å². The second-order valence-corrected chi connectivity index (χ2v) is 10.4. The Morgan fingerprint density at radius 3 is 2.47 bits per heavy atom. The van der Waals surface area contributed by atoms with Crippen molar-refractivity contribution >= 4 is 27.3 Å². The predicted octanol–water partition coefficient (Wildman–Crippen LogP) is 4.34. The van der Waals surface area contributed by atoms with E-state index in [4.69, 9.17) is 4.74 Å². The lowest BCUT2D eigenvalue weighted by molar-refractivity contribution is -0.384. The van der Waals surface area contributed by atoms with Gasteiger partial charge < -0.3 is 10.1 Å². The number of rotatable bonds is 9. The van der Waals surface area contributed by atoms with Gasteiger partial charge in [0, 0.05) is 24.1 Å². The Morgan fingerprint density at radius 2 is 1.88 bits per heavy atom. The highest BCUT2D eigenvalue weighted by Gasteiger charge is 2.40. The Hall–Kier alpha value is -3.14. The number of para-hydroxylation sites is 1. The highest BCUT2D eigenvalue weighted by Crippen LogP contribution is 2.42. The molecule has 1 aliphatic heterocycles. The number of carbonyl (C=O) groups is 1. The van der Waals surface area contributed by atoms with E-state index < -0.39 is 32.5 Å². The quantitative estimate of drug-likeness (QED) is 0.413. The van der Waals surface area contributed by atoms with E-state index in [0.717, 1.165) is 29.0 Å². The van der Waals surface area contributed by atoms with Crippen molar-refractivity contribution in [3.8, 4) is 5.75 Å². The number of ether oxygens (including phenoxy) is 1. The number of hydrogen-bond acceptors (Lipinski definition) is 6. The normalized spacial score (nSPS) is 17.7. The van der Waals surface area contributed by atoms with Crippen molar-refractivity contribution in [2.75, 3.05) is 10.6 Å². The topological polar surface area (TPSA) is 119 Å². The predicted molar refractivity (Wildman–Crippen MR) is 130 cm³/mol. The first-order chi connectivity index (χ1) is 16.0. The van der Waals surface area contributed by atoms with Crippen LogP contribution in [0.3, 0.4) is 0 Å². The molecule has 1 N–H and O–H groups in total. The summed E-state index contributed by atoms with van der Waals surface area (Å²) in [7, 11) is -3.93. The summed E-state index contributed by atoms with van der Waals surface area (Å²) in [5.74, 6) is 0.233. The van der Waals surface area contributed by atoms with Gasteiger partial charge in [-0.25, -0.2) is 8.42 Å². The molecule has 0 spiro atoms. The summed E-state index contributed by atoms with van der Waals surface area (Å²) in [5.41, 5.74) is 0.215. The number of benzene rings is 2. The number of nitro benzene ring substituents is 1. The summed E-state index contributed by atoms with van der Waals surface area (Å²) in [5, 5.41) is 14.3. The van der Waals surface area contributed by atoms with E-state index in [2.05, 4.69) is 5.32 Å². The second kappa shape index (κ2) is 10.0. The Morgan fingerprint density at radius 1 is 1.21 bits per heavy atom. The van der Waals surface area contributed by atoms with Crippen LogP contribution in [0.5, 0.6) is 5.75 Å². The first kappa shape index (κ1) is 25.5. The number of fused-ring (bicyclic) bond motifs is 1. The van der Waals surface area contributed by atoms with Crippen LogP contribution in [0.25, 0.3) is 0 Å². The van der Waals surface area contributed by atoms with Crippen molar-refractivity contribution in [2.45, 2.75) is 64.1 Å². The summed E-state index contributed by atoms with van der Waals surface area (Å²) in [6.45, 7) is 5.79. The summed E-state index contributed by atoms with van der Waals surface area (Å²) in [4.78, 5) is 24.2. The molecule has 0 saturated carbocycles. The molecule has 9 nitrogen and oxygen atoms in total. The second-order valence-electron chi connectivity index (χ2n) is 8.56. The van der Waals surface area contributed by atoms with Gasteiger partial charge in [0.05, 0.1) is 22.9 Å². The monoisotopic (exact) mass is 489 g/mol. The molecule has 1 heterocycles.